The van der Waals surface area contributed by atoms with Gasteiger partial charge in [-0.2, -0.15) is 0 Å². The molecule has 0 unspecified atom stereocenters. The Morgan fingerprint density at radius 2 is 2.05 bits per heavy atom. The van der Waals surface area contributed by atoms with E-state index in [0.29, 0.717) is 11.7 Å². The Kier molecular flexibility index (Phi) is 3.78. The average molecular weight is 259 g/mol. The topological polar surface area (TPSA) is 45.2 Å². The van der Waals surface area contributed by atoms with E-state index in [1.54, 1.807) is 12.3 Å². The van der Waals surface area contributed by atoms with Crippen LogP contribution in [0.5, 0.6) is 0 Å². The van der Waals surface area contributed by atoms with E-state index in [1.807, 2.05) is 17.0 Å². The van der Waals surface area contributed by atoms with Gasteiger partial charge in [-0.3, -0.25) is 9.78 Å². The minimum absolute atomic E-state index is 0.0706. The number of carbonyl (C=O) groups is 1. The van der Waals surface area contributed by atoms with Crippen LogP contribution in [0.2, 0.25) is 0 Å². The zero-order valence-electron chi connectivity index (χ0n) is 11.2. The molecule has 1 aliphatic heterocycles. The molecular weight excluding hydrogens is 238 g/mol. The molecule has 0 bridgehead atoms. The molecule has 1 aromatic heterocycles. The molecule has 0 aromatic carbocycles. The van der Waals surface area contributed by atoms with Gasteiger partial charge in [0, 0.05) is 25.3 Å². The smallest absolute Gasteiger partial charge is 0.272 e. The summed E-state index contributed by atoms with van der Waals surface area (Å²) in [7, 11) is 0. The molecular formula is C15H21N3O. The largest absolute Gasteiger partial charge is 0.337 e. The first kappa shape index (κ1) is 12.6. The highest BCUT2D eigenvalue weighted by molar-refractivity contribution is 5.92. The lowest BCUT2D eigenvalue weighted by Gasteiger charge is -2.32. The fraction of sp³-hybridized carbons (Fsp3) is 0.600. The highest BCUT2D eigenvalue weighted by Crippen LogP contribution is 2.28. The van der Waals surface area contributed by atoms with Crippen molar-refractivity contribution in [2.45, 2.75) is 31.7 Å². The Balaban J connectivity index is 1.47. The van der Waals surface area contributed by atoms with Crippen molar-refractivity contribution in [3.63, 3.8) is 0 Å². The summed E-state index contributed by atoms with van der Waals surface area (Å²) in [5.41, 5.74) is 0.562. The van der Waals surface area contributed by atoms with Gasteiger partial charge in [0.2, 0.25) is 0 Å². The maximum absolute atomic E-state index is 12.2. The van der Waals surface area contributed by atoms with Crippen molar-refractivity contribution in [3.05, 3.63) is 30.1 Å². The molecule has 2 fully saturated rings. The van der Waals surface area contributed by atoms with E-state index in [2.05, 4.69) is 10.3 Å². The molecule has 19 heavy (non-hydrogen) atoms. The SMILES string of the molecule is O=C(c1ccccn1)N1CCC(NCC2CC2)CC1. The first-order valence-electron chi connectivity index (χ1n) is 7.26. The molecule has 1 amide bonds. The average Bonchev–Trinajstić information content (AvgIpc) is 3.30. The van der Waals surface area contributed by atoms with Gasteiger partial charge in [-0.1, -0.05) is 6.07 Å². The molecule has 102 valence electrons. The summed E-state index contributed by atoms with van der Waals surface area (Å²) in [6, 6.07) is 6.09. The summed E-state index contributed by atoms with van der Waals surface area (Å²) >= 11 is 0. The molecule has 1 saturated heterocycles. The van der Waals surface area contributed by atoms with Gasteiger partial charge >= 0.3 is 0 Å². The van der Waals surface area contributed by atoms with E-state index in [0.717, 1.165) is 31.8 Å². The normalized spacial score (nSPS) is 20.5. The predicted octanol–water partition coefficient (Wildman–Crippen LogP) is 1.69. The van der Waals surface area contributed by atoms with Gasteiger partial charge in [0.05, 0.1) is 0 Å². The number of hydrogen-bond acceptors (Lipinski definition) is 3. The van der Waals surface area contributed by atoms with E-state index in [9.17, 15) is 4.79 Å². The van der Waals surface area contributed by atoms with Crippen molar-refractivity contribution < 1.29 is 4.79 Å². The second-order valence-corrected chi connectivity index (χ2v) is 5.63. The lowest BCUT2D eigenvalue weighted by atomic mass is 10.0. The standard InChI is InChI=1S/C15H21N3O/c19-15(14-3-1-2-8-16-14)18-9-6-13(7-10-18)17-11-12-4-5-12/h1-3,8,12-13,17H,4-7,9-11H2. The quantitative estimate of drug-likeness (QED) is 0.895. The lowest BCUT2D eigenvalue weighted by molar-refractivity contribution is 0.0699. The van der Waals surface area contributed by atoms with Crippen molar-refractivity contribution in [2.75, 3.05) is 19.6 Å². The van der Waals surface area contributed by atoms with Crippen LogP contribution in [0.15, 0.2) is 24.4 Å². The van der Waals surface area contributed by atoms with Crippen LogP contribution in [0, 0.1) is 5.92 Å². The number of nitrogens with one attached hydrogen (secondary N) is 1. The van der Waals surface area contributed by atoms with Gasteiger partial charge in [-0.25, -0.2) is 0 Å². The Hall–Kier alpha value is -1.42. The summed E-state index contributed by atoms with van der Waals surface area (Å²) in [6.45, 7) is 2.86. The minimum Gasteiger partial charge on any atom is -0.337 e. The van der Waals surface area contributed by atoms with Crippen molar-refractivity contribution >= 4 is 5.91 Å². The van der Waals surface area contributed by atoms with E-state index in [4.69, 9.17) is 0 Å². The fourth-order valence-corrected chi connectivity index (χ4v) is 2.59. The number of pyridine rings is 1. The van der Waals surface area contributed by atoms with Gasteiger partial charge in [-0.05, 0) is 50.3 Å². The number of carbonyl (C=O) groups excluding carboxylic acids is 1. The number of likely N-dealkylation sites (tertiary alicyclic amines) is 1. The molecule has 1 aliphatic carbocycles. The zero-order valence-corrected chi connectivity index (χ0v) is 11.2. The van der Waals surface area contributed by atoms with Crippen LogP contribution in [0.1, 0.15) is 36.2 Å². The zero-order chi connectivity index (χ0) is 13.1. The fourth-order valence-electron chi connectivity index (χ4n) is 2.59. The molecule has 2 heterocycles. The van der Waals surface area contributed by atoms with E-state index >= 15 is 0 Å². The first-order chi connectivity index (χ1) is 9.33. The second-order valence-electron chi connectivity index (χ2n) is 5.63. The number of amides is 1. The molecule has 3 rings (SSSR count). The summed E-state index contributed by atoms with van der Waals surface area (Å²) in [5.74, 6) is 0.995. The predicted molar refractivity (Wildman–Crippen MR) is 73.9 cm³/mol. The molecule has 1 aromatic rings. The molecule has 2 aliphatic rings. The molecule has 1 saturated carbocycles. The van der Waals surface area contributed by atoms with Crippen LogP contribution < -0.4 is 5.32 Å². The van der Waals surface area contributed by atoms with Gasteiger partial charge in [0.25, 0.3) is 5.91 Å². The van der Waals surface area contributed by atoms with Crippen molar-refractivity contribution in [3.8, 4) is 0 Å². The van der Waals surface area contributed by atoms with Crippen LogP contribution in [-0.2, 0) is 0 Å². The minimum atomic E-state index is 0.0706. The van der Waals surface area contributed by atoms with Crippen molar-refractivity contribution in [1.29, 1.82) is 0 Å². The summed E-state index contributed by atoms with van der Waals surface area (Å²) in [5, 5.41) is 3.63. The molecule has 4 heteroatoms. The van der Waals surface area contributed by atoms with Gasteiger partial charge in [0.1, 0.15) is 5.69 Å². The highest BCUT2D eigenvalue weighted by atomic mass is 16.2. The van der Waals surface area contributed by atoms with Gasteiger partial charge in [0.15, 0.2) is 0 Å². The molecule has 0 spiro atoms. The lowest BCUT2D eigenvalue weighted by Crippen LogP contribution is -2.45. The number of rotatable bonds is 4. The molecule has 4 nitrogen and oxygen atoms in total. The van der Waals surface area contributed by atoms with Crippen LogP contribution >= 0.6 is 0 Å². The Morgan fingerprint density at radius 1 is 1.26 bits per heavy atom. The van der Waals surface area contributed by atoms with Crippen LogP contribution in [0.3, 0.4) is 0 Å². The monoisotopic (exact) mass is 259 g/mol. The molecule has 0 radical (unpaired) electrons. The maximum atomic E-state index is 12.2. The van der Waals surface area contributed by atoms with Gasteiger partial charge < -0.3 is 10.2 Å². The van der Waals surface area contributed by atoms with Gasteiger partial charge in [-0.15, -0.1) is 0 Å². The maximum Gasteiger partial charge on any atom is 0.272 e. The number of piperidine rings is 1. The van der Waals surface area contributed by atoms with Crippen LogP contribution in [0.4, 0.5) is 0 Å². The summed E-state index contributed by atoms with van der Waals surface area (Å²) in [4.78, 5) is 18.3. The van der Waals surface area contributed by atoms with Crippen molar-refractivity contribution in [1.82, 2.24) is 15.2 Å². The Morgan fingerprint density at radius 3 is 2.68 bits per heavy atom. The third-order valence-electron chi connectivity index (χ3n) is 4.06. The van der Waals surface area contributed by atoms with Crippen LogP contribution in [-0.4, -0.2) is 41.5 Å². The highest BCUT2D eigenvalue weighted by Gasteiger charge is 2.26. The third kappa shape index (κ3) is 3.32. The summed E-state index contributed by atoms with van der Waals surface area (Å²) < 4.78 is 0. The van der Waals surface area contributed by atoms with E-state index < -0.39 is 0 Å². The Bertz CT molecular complexity index is 422. The summed E-state index contributed by atoms with van der Waals surface area (Å²) in [6.07, 6.45) is 6.59. The van der Waals surface area contributed by atoms with E-state index in [-0.39, 0.29) is 5.91 Å². The number of hydrogen-bond donors (Lipinski definition) is 1. The third-order valence-corrected chi connectivity index (χ3v) is 4.06. The Labute approximate surface area is 114 Å². The molecule has 1 N–H and O–H groups in total. The number of aromatic nitrogens is 1. The number of nitrogens with zero attached hydrogens (tertiary/aromatic N) is 2. The first-order valence-corrected chi connectivity index (χ1v) is 7.26. The van der Waals surface area contributed by atoms with E-state index in [1.165, 1.54) is 19.4 Å². The van der Waals surface area contributed by atoms with Crippen LogP contribution in [0.25, 0.3) is 0 Å². The molecule has 0 atom stereocenters. The van der Waals surface area contributed by atoms with Crippen molar-refractivity contribution in [2.24, 2.45) is 5.92 Å². The second kappa shape index (κ2) is 5.70.